The molecule has 7 heteroatoms. The highest BCUT2D eigenvalue weighted by atomic mass is 16.5. The molecule has 1 aliphatic heterocycles. The molecule has 132 valence electrons. The van der Waals surface area contributed by atoms with E-state index in [1.165, 1.54) is 0 Å². The molecule has 1 saturated heterocycles. The van der Waals surface area contributed by atoms with Crippen molar-refractivity contribution in [3.8, 4) is 5.75 Å². The predicted octanol–water partition coefficient (Wildman–Crippen LogP) is 1.97. The second-order valence-corrected chi connectivity index (χ2v) is 6.65. The van der Waals surface area contributed by atoms with Gasteiger partial charge in [0.1, 0.15) is 11.8 Å². The number of rotatable bonds is 5. The molecule has 0 unspecified atom stereocenters. The number of nitrogens with one attached hydrogen (secondary N) is 1. The highest BCUT2D eigenvalue weighted by Crippen LogP contribution is 2.24. The van der Waals surface area contributed by atoms with Crippen molar-refractivity contribution in [1.29, 1.82) is 0 Å². The second-order valence-electron chi connectivity index (χ2n) is 6.65. The number of ether oxygens (including phenoxy) is 2. The number of hydrogen-bond acceptors (Lipinski definition) is 5. The van der Waals surface area contributed by atoms with Gasteiger partial charge in [-0.3, -0.25) is 4.79 Å². The van der Waals surface area contributed by atoms with Crippen LogP contribution in [0.2, 0.25) is 0 Å². The lowest BCUT2D eigenvalue weighted by Gasteiger charge is -2.29. The molecule has 4 rings (SSSR count). The molecule has 2 fully saturated rings. The van der Waals surface area contributed by atoms with Crippen LogP contribution in [0.1, 0.15) is 42.2 Å². The van der Waals surface area contributed by atoms with Crippen molar-refractivity contribution >= 4 is 5.91 Å². The molecule has 0 atom stereocenters. The van der Waals surface area contributed by atoms with Crippen molar-refractivity contribution in [2.24, 2.45) is 0 Å². The molecule has 2 heterocycles. The van der Waals surface area contributed by atoms with E-state index in [2.05, 4.69) is 15.6 Å². The molecule has 0 spiro atoms. The van der Waals surface area contributed by atoms with Crippen molar-refractivity contribution in [3.63, 3.8) is 0 Å². The van der Waals surface area contributed by atoms with Gasteiger partial charge in [0.2, 0.25) is 0 Å². The van der Waals surface area contributed by atoms with Crippen LogP contribution in [0.3, 0.4) is 0 Å². The summed E-state index contributed by atoms with van der Waals surface area (Å²) < 4.78 is 12.8. The Labute approximate surface area is 146 Å². The molecular formula is C18H22N4O3. The number of carbonyl (C=O) groups is 1. The maximum absolute atomic E-state index is 12.3. The van der Waals surface area contributed by atoms with E-state index in [-0.39, 0.29) is 24.1 Å². The number of benzene rings is 1. The van der Waals surface area contributed by atoms with Crippen molar-refractivity contribution in [2.75, 3.05) is 13.2 Å². The Morgan fingerprint density at radius 1 is 1.16 bits per heavy atom. The molecule has 1 N–H and O–H groups in total. The van der Waals surface area contributed by atoms with Crippen molar-refractivity contribution in [3.05, 3.63) is 42.2 Å². The van der Waals surface area contributed by atoms with Crippen molar-refractivity contribution < 1.29 is 14.3 Å². The average Bonchev–Trinajstić information content (AvgIpc) is 3.05. The summed E-state index contributed by atoms with van der Waals surface area (Å²) in [7, 11) is 0. The summed E-state index contributed by atoms with van der Waals surface area (Å²) in [5, 5.41) is 11.1. The van der Waals surface area contributed by atoms with Gasteiger partial charge in [0.25, 0.3) is 5.91 Å². The molecule has 0 radical (unpaired) electrons. The van der Waals surface area contributed by atoms with Gasteiger partial charge in [-0.25, -0.2) is 4.68 Å². The number of carbonyl (C=O) groups excluding carboxylic acids is 1. The van der Waals surface area contributed by atoms with Crippen LogP contribution in [0, 0.1) is 0 Å². The van der Waals surface area contributed by atoms with Gasteiger partial charge in [-0.1, -0.05) is 23.4 Å². The van der Waals surface area contributed by atoms with Gasteiger partial charge in [0, 0.05) is 6.04 Å². The van der Waals surface area contributed by atoms with Crippen LogP contribution in [-0.4, -0.2) is 46.3 Å². The van der Waals surface area contributed by atoms with Crippen LogP contribution in [0.4, 0.5) is 0 Å². The molecule has 2 aliphatic rings. The lowest BCUT2D eigenvalue weighted by molar-refractivity contribution is -0.0293. The lowest BCUT2D eigenvalue weighted by atomic mass is 9.93. The molecule has 0 bridgehead atoms. The summed E-state index contributed by atoms with van der Waals surface area (Å²) in [6, 6.07) is 10.3. The zero-order valence-corrected chi connectivity index (χ0v) is 14.0. The first kappa shape index (κ1) is 16.1. The Bertz CT molecular complexity index is 706. The molecule has 25 heavy (non-hydrogen) atoms. The standard InChI is InChI=1S/C18H22N4O3/c23-18(17-10-22(21-20-17)14-11-24-12-14)19-13-6-8-16(9-7-13)25-15-4-2-1-3-5-15/h1-5,10,13-14,16H,6-9,11-12H2,(H,19,23). The van der Waals surface area contributed by atoms with E-state index >= 15 is 0 Å². The fourth-order valence-electron chi connectivity index (χ4n) is 3.21. The fraction of sp³-hybridized carbons (Fsp3) is 0.500. The van der Waals surface area contributed by atoms with Gasteiger partial charge in [-0.05, 0) is 37.8 Å². The highest BCUT2D eigenvalue weighted by molar-refractivity contribution is 5.92. The average molecular weight is 342 g/mol. The lowest BCUT2D eigenvalue weighted by Crippen LogP contribution is -2.39. The zero-order chi connectivity index (χ0) is 17.1. The highest BCUT2D eigenvalue weighted by Gasteiger charge is 2.26. The van der Waals surface area contributed by atoms with Crippen molar-refractivity contribution in [2.45, 2.75) is 43.9 Å². The quantitative estimate of drug-likeness (QED) is 0.899. The maximum Gasteiger partial charge on any atom is 0.273 e. The number of para-hydroxylation sites is 1. The summed E-state index contributed by atoms with van der Waals surface area (Å²) in [4.78, 5) is 12.3. The van der Waals surface area contributed by atoms with Crippen LogP contribution in [-0.2, 0) is 4.74 Å². The third-order valence-corrected chi connectivity index (χ3v) is 4.79. The van der Waals surface area contributed by atoms with Gasteiger partial charge in [-0.2, -0.15) is 0 Å². The third-order valence-electron chi connectivity index (χ3n) is 4.79. The van der Waals surface area contributed by atoms with Crippen LogP contribution in [0.5, 0.6) is 5.75 Å². The number of amides is 1. The molecule has 1 aromatic heterocycles. The van der Waals surface area contributed by atoms with Gasteiger partial charge in [0.05, 0.1) is 25.5 Å². The molecule has 1 saturated carbocycles. The molecule has 1 amide bonds. The van der Waals surface area contributed by atoms with Gasteiger partial charge in [-0.15, -0.1) is 5.10 Å². The first-order valence-corrected chi connectivity index (χ1v) is 8.80. The van der Waals surface area contributed by atoms with E-state index in [9.17, 15) is 4.79 Å². The van der Waals surface area contributed by atoms with E-state index in [0.717, 1.165) is 31.4 Å². The van der Waals surface area contributed by atoms with Crippen molar-refractivity contribution in [1.82, 2.24) is 20.3 Å². The van der Waals surface area contributed by atoms with Gasteiger partial charge in [0.15, 0.2) is 5.69 Å². The molecule has 1 aromatic carbocycles. The summed E-state index contributed by atoms with van der Waals surface area (Å²) in [6.07, 6.45) is 5.61. The Hall–Kier alpha value is -2.41. The fourth-order valence-corrected chi connectivity index (χ4v) is 3.21. The maximum atomic E-state index is 12.3. The van der Waals surface area contributed by atoms with E-state index < -0.39 is 0 Å². The number of hydrogen-bond donors (Lipinski definition) is 1. The normalized spacial score (nSPS) is 23.7. The monoisotopic (exact) mass is 342 g/mol. The van der Waals surface area contributed by atoms with Gasteiger partial charge >= 0.3 is 0 Å². The molecule has 2 aromatic rings. The van der Waals surface area contributed by atoms with E-state index in [0.29, 0.717) is 18.9 Å². The summed E-state index contributed by atoms with van der Waals surface area (Å²) in [5.41, 5.74) is 0.370. The minimum atomic E-state index is -0.154. The minimum Gasteiger partial charge on any atom is -0.490 e. The molecule has 1 aliphatic carbocycles. The summed E-state index contributed by atoms with van der Waals surface area (Å²) in [5.74, 6) is 0.755. The number of aromatic nitrogens is 3. The summed E-state index contributed by atoms with van der Waals surface area (Å²) >= 11 is 0. The van der Waals surface area contributed by atoms with Crippen LogP contribution >= 0.6 is 0 Å². The first-order valence-electron chi connectivity index (χ1n) is 8.80. The zero-order valence-electron chi connectivity index (χ0n) is 14.0. The second kappa shape index (κ2) is 7.23. The molecular weight excluding hydrogens is 320 g/mol. The smallest absolute Gasteiger partial charge is 0.273 e. The third kappa shape index (κ3) is 3.82. The Balaban J connectivity index is 1.25. The minimum absolute atomic E-state index is 0.154. The van der Waals surface area contributed by atoms with E-state index in [1.807, 2.05) is 30.3 Å². The Kier molecular flexibility index (Phi) is 4.65. The SMILES string of the molecule is O=C(NC1CCC(Oc2ccccc2)CC1)c1cn(C2COC2)nn1. The predicted molar refractivity (Wildman–Crippen MR) is 90.5 cm³/mol. The number of nitrogens with zero attached hydrogens (tertiary/aromatic N) is 3. The summed E-state index contributed by atoms with van der Waals surface area (Å²) in [6.45, 7) is 1.27. The van der Waals surface area contributed by atoms with Crippen LogP contribution in [0.15, 0.2) is 36.5 Å². The van der Waals surface area contributed by atoms with E-state index in [1.54, 1.807) is 10.9 Å². The topological polar surface area (TPSA) is 78.3 Å². The Morgan fingerprint density at radius 2 is 1.92 bits per heavy atom. The first-order chi connectivity index (χ1) is 12.3. The largest absolute Gasteiger partial charge is 0.490 e. The van der Waals surface area contributed by atoms with E-state index in [4.69, 9.17) is 9.47 Å². The van der Waals surface area contributed by atoms with Crippen LogP contribution in [0.25, 0.3) is 0 Å². The van der Waals surface area contributed by atoms with Crippen LogP contribution < -0.4 is 10.1 Å². The van der Waals surface area contributed by atoms with Gasteiger partial charge < -0.3 is 14.8 Å². The molecule has 7 nitrogen and oxygen atoms in total. The Morgan fingerprint density at radius 3 is 2.60 bits per heavy atom.